The summed E-state index contributed by atoms with van der Waals surface area (Å²) < 4.78 is 5.35. The lowest BCUT2D eigenvalue weighted by atomic mass is 10.1. The van der Waals surface area contributed by atoms with Crippen molar-refractivity contribution in [2.24, 2.45) is 0 Å². The molecule has 1 aromatic carbocycles. The van der Waals surface area contributed by atoms with Gasteiger partial charge in [0.15, 0.2) is 0 Å². The van der Waals surface area contributed by atoms with Crippen LogP contribution in [0.4, 0.5) is 5.69 Å². The minimum absolute atomic E-state index is 0.145. The van der Waals surface area contributed by atoms with Crippen molar-refractivity contribution in [1.82, 2.24) is 5.32 Å². The predicted octanol–water partition coefficient (Wildman–Crippen LogP) is 1.34. The highest BCUT2D eigenvalue weighted by Crippen LogP contribution is 2.29. The van der Waals surface area contributed by atoms with Gasteiger partial charge in [0.25, 0.3) is 0 Å². The molecule has 0 spiro atoms. The maximum Gasteiger partial charge on any atom is 0.221 e. The first-order valence-corrected chi connectivity index (χ1v) is 6.08. The molecular formula is C14H14N2O4. The van der Waals surface area contributed by atoms with Crippen LogP contribution in [0.3, 0.4) is 0 Å². The summed E-state index contributed by atoms with van der Waals surface area (Å²) in [7, 11) is 1.54. The lowest BCUT2D eigenvalue weighted by molar-refractivity contribution is -0.120. The summed E-state index contributed by atoms with van der Waals surface area (Å²) >= 11 is 0. The summed E-state index contributed by atoms with van der Waals surface area (Å²) in [6.45, 7) is 0.257. The second kappa shape index (κ2) is 6.01. The van der Waals surface area contributed by atoms with Crippen LogP contribution in [-0.2, 0) is 9.59 Å². The van der Waals surface area contributed by atoms with E-state index < -0.39 is 0 Å². The number of amides is 2. The van der Waals surface area contributed by atoms with E-state index in [1.54, 1.807) is 25.2 Å². The molecule has 0 saturated carbocycles. The maximum atomic E-state index is 11.2. The van der Waals surface area contributed by atoms with Crippen LogP contribution in [0, 0.1) is 0 Å². The Hall–Kier alpha value is -2.63. The molecule has 0 aliphatic rings. The lowest BCUT2D eigenvalue weighted by Crippen LogP contribution is -2.28. The van der Waals surface area contributed by atoms with E-state index in [1.807, 2.05) is 0 Å². The molecule has 0 atom stereocenters. The van der Waals surface area contributed by atoms with E-state index in [9.17, 15) is 14.4 Å². The Morgan fingerprint density at radius 1 is 1.40 bits per heavy atom. The Bertz CT molecular complexity index is 648. The number of furan rings is 1. The van der Waals surface area contributed by atoms with Crippen LogP contribution in [-0.4, -0.2) is 32.2 Å². The molecule has 1 aromatic heterocycles. The van der Waals surface area contributed by atoms with E-state index in [1.165, 1.54) is 11.2 Å². The zero-order valence-corrected chi connectivity index (χ0v) is 11.0. The van der Waals surface area contributed by atoms with E-state index in [-0.39, 0.29) is 18.9 Å². The number of aldehydes is 1. The van der Waals surface area contributed by atoms with Gasteiger partial charge in [-0.2, -0.15) is 0 Å². The topological polar surface area (TPSA) is 79.6 Å². The number of carbonyl (C=O) groups is 3. The minimum Gasteiger partial charge on any atom is -0.462 e. The summed E-state index contributed by atoms with van der Waals surface area (Å²) in [4.78, 5) is 34.5. The molecule has 104 valence electrons. The zero-order valence-electron chi connectivity index (χ0n) is 11.0. The van der Waals surface area contributed by atoms with Crippen LogP contribution in [0.25, 0.3) is 11.0 Å². The number of benzene rings is 1. The zero-order chi connectivity index (χ0) is 14.5. The van der Waals surface area contributed by atoms with Gasteiger partial charge in [-0.15, -0.1) is 0 Å². The SMILES string of the molecule is CNC(=O)CCN(C=O)c1coc2cc(C=O)ccc12. The molecule has 0 saturated heterocycles. The van der Waals surface area contributed by atoms with Crippen LogP contribution in [0.15, 0.2) is 28.9 Å². The third-order valence-corrected chi connectivity index (χ3v) is 3.01. The van der Waals surface area contributed by atoms with E-state index in [0.717, 1.165) is 11.7 Å². The quantitative estimate of drug-likeness (QED) is 0.806. The number of hydrogen-bond donors (Lipinski definition) is 1. The molecule has 0 unspecified atom stereocenters. The van der Waals surface area contributed by atoms with Crippen LogP contribution in [0.5, 0.6) is 0 Å². The molecule has 0 aliphatic carbocycles. The molecule has 2 amide bonds. The monoisotopic (exact) mass is 274 g/mol. The number of carbonyl (C=O) groups excluding carboxylic acids is 3. The van der Waals surface area contributed by atoms with Gasteiger partial charge in [0, 0.05) is 31.0 Å². The molecule has 2 rings (SSSR count). The van der Waals surface area contributed by atoms with Gasteiger partial charge < -0.3 is 14.6 Å². The molecule has 1 N–H and O–H groups in total. The van der Waals surface area contributed by atoms with Crippen molar-refractivity contribution in [3.05, 3.63) is 30.0 Å². The van der Waals surface area contributed by atoms with E-state index in [0.29, 0.717) is 23.2 Å². The number of nitrogens with zero attached hydrogens (tertiary/aromatic N) is 1. The molecule has 0 aliphatic heterocycles. The van der Waals surface area contributed by atoms with Gasteiger partial charge >= 0.3 is 0 Å². The van der Waals surface area contributed by atoms with Crippen molar-refractivity contribution < 1.29 is 18.8 Å². The van der Waals surface area contributed by atoms with E-state index >= 15 is 0 Å². The molecule has 2 aromatic rings. The third-order valence-electron chi connectivity index (χ3n) is 3.01. The molecule has 20 heavy (non-hydrogen) atoms. The highest BCUT2D eigenvalue weighted by atomic mass is 16.3. The molecule has 6 nitrogen and oxygen atoms in total. The minimum atomic E-state index is -0.145. The molecule has 1 heterocycles. The fraction of sp³-hybridized carbons (Fsp3) is 0.214. The van der Waals surface area contributed by atoms with Gasteiger partial charge in [-0.05, 0) is 12.1 Å². The fourth-order valence-corrected chi connectivity index (χ4v) is 1.90. The van der Waals surface area contributed by atoms with Gasteiger partial charge in [0.2, 0.25) is 12.3 Å². The van der Waals surface area contributed by atoms with Gasteiger partial charge in [0.1, 0.15) is 18.1 Å². The average molecular weight is 274 g/mol. The second-order valence-corrected chi connectivity index (χ2v) is 4.22. The molecule has 0 bridgehead atoms. The number of rotatable bonds is 6. The summed E-state index contributed by atoms with van der Waals surface area (Å²) in [5, 5.41) is 3.22. The van der Waals surface area contributed by atoms with E-state index in [4.69, 9.17) is 4.42 Å². The van der Waals surface area contributed by atoms with Crippen molar-refractivity contribution in [2.45, 2.75) is 6.42 Å². The van der Waals surface area contributed by atoms with Gasteiger partial charge in [-0.25, -0.2) is 0 Å². The Balaban J connectivity index is 2.28. The summed E-state index contributed by atoms with van der Waals surface area (Å²) in [6, 6.07) is 4.97. The van der Waals surface area contributed by atoms with Crippen LogP contribution in [0.2, 0.25) is 0 Å². The molecule has 0 fully saturated rings. The highest BCUT2D eigenvalue weighted by molar-refractivity contribution is 5.98. The molecular weight excluding hydrogens is 260 g/mol. The van der Waals surface area contributed by atoms with Crippen molar-refractivity contribution >= 4 is 35.3 Å². The normalized spacial score (nSPS) is 10.2. The first-order chi connectivity index (χ1) is 9.69. The first-order valence-electron chi connectivity index (χ1n) is 6.08. The largest absolute Gasteiger partial charge is 0.462 e. The number of fused-ring (bicyclic) bond motifs is 1. The second-order valence-electron chi connectivity index (χ2n) is 4.22. The van der Waals surface area contributed by atoms with Crippen molar-refractivity contribution in [3.63, 3.8) is 0 Å². The standard InChI is InChI=1S/C14H14N2O4/c1-15-14(19)4-5-16(9-18)12-8-20-13-6-10(7-17)2-3-11(12)13/h2-3,6-9H,4-5H2,1H3,(H,15,19). The van der Waals surface area contributed by atoms with Crippen LogP contribution < -0.4 is 10.2 Å². The summed E-state index contributed by atoms with van der Waals surface area (Å²) in [5.74, 6) is -0.145. The predicted molar refractivity (Wildman–Crippen MR) is 73.7 cm³/mol. The Morgan fingerprint density at radius 3 is 2.85 bits per heavy atom. The van der Waals surface area contributed by atoms with Crippen LogP contribution >= 0.6 is 0 Å². The van der Waals surface area contributed by atoms with Crippen molar-refractivity contribution in [3.8, 4) is 0 Å². The van der Waals surface area contributed by atoms with Crippen molar-refractivity contribution in [2.75, 3.05) is 18.5 Å². The average Bonchev–Trinajstić information content (AvgIpc) is 2.90. The van der Waals surface area contributed by atoms with Gasteiger partial charge in [-0.3, -0.25) is 14.4 Å². The van der Waals surface area contributed by atoms with Crippen molar-refractivity contribution in [1.29, 1.82) is 0 Å². The lowest BCUT2D eigenvalue weighted by Gasteiger charge is -2.15. The third kappa shape index (κ3) is 2.69. The van der Waals surface area contributed by atoms with Gasteiger partial charge in [0.05, 0.1) is 5.69 Å². The highest BCUT2D eigenvalue weighted by Gasteiger charge is 2.14. The summed E-state index contributed by atoms with van der Waals surface area (Å²) in [6.07, 6.45) is 3.03. The number of nitrogens with one attached hydrogen (secondary N) is 1. The number of anilines is 1. The summed E-state index contributed by atoms with van der Waals surface area (Å²) in [5.41, 5.74) is 1.61. The van der Waals surface area contributed by atoms with E-state index in [2.05, 4.69) is 5.32 Å². The molecule has 0 radical (unpaired) electrons. The number of hydrogen-bond acceptors (Lipinski definition) is 4. The Labute approximate surface area is 115 Å². The Kier molecular flexibility index (Phi) is 4.14. The smallest absolute Gasteiger partial charge is 0.221 e. The molecule has 6 heteroatoms. The maximum absolute atomic E-state index is 11.2. The Morgan fingerprint density at radius 2 is 2.20 bits per heavy atom. The van der Waals surface area contributed by atoms with Crippen LogP contribution in [0.1, 0.15) is 16.8 Å². The fourth-order valence-electron chi connectivity index (χ4n) is 1.90. The first kappa shape index (κ1) is 13.8. The van der Waals surface area contributed by atoms with Gasteiger partial charge in [-0.1, -0.05) is 6.07 Å².